The lowest BCUT2D eigenvalue weighted by molar-refractivity contribution is 0.104. The van der Waals surface area contributed by atoms with Crippen LogP contribution >= 0.6 is 0 Å². The van der Waals surface area contributed by atoms with Crippen LogP contribution in [0, 0.1) is 0 Å². The van der Waals surface area contributed by atoms with E-state index in [9.17, 15) is 5.11 Å². The van der Waals surface area contributed by atoms with Crippen molar-refractivity contribution in [3.8, 4) is 5.75 Å². The average Bonchev–Trinajstić information content (AvgIpc) is 2.63. The van der Waals surface area contributed by atoms with Crippen LogP contribution < -0.4 is 4.74 Å². The fourth-order valence-corrected chi connectivity index (χ4v) is 3.19. The summed E-state index contributed by atoms with van der Waals surface area (Å²) in [6.07, 6.45) is 3.77. The second kappa shape index (κ2) is 8.14. The SMILES string of the molecule is OC[C@@H](c1ccc(OCc2ccccc2)cc1)N1CCCCC1. The average molecular weight is 311 g/mol. The van der Waals surface area contributed by atoms with Crippen LogP contribution in [0.4, 0.5) is 0 Å². The quantitative estimate of drug-likeness (QED) is 0.881. The van der Waals surface area contributed by atoms with Gasteiger partial charge in [-0.3, -0.25) is 4.90 Å². The zero-order valence-electron chi connectivity index (χ0n) is 13.5. The first-order chi connectivity index (χ1) is 11.4. The van der Waals surface area contributed by atoms with E-state index < -0.39 is 0 Å². The summed E-state index contributed by atoms with van der Waals surface area (Å²) in [6.45, 7) is 2.91. The first-order valence-electron chi connectivity index (χ1n) is 8.48. The minimum atomic E-state index is 0.110. The van der Waals surface area contributed by atoms with Crippen LogP contribution in [0.2, 0.25) is 0 Å². The summed E-state index contributed by atoms with van der Waals surface area (Å²) in [5.41, 5.74) is 2.33. The van der Waals surface area contributed by atoms with Crippen molar-refractivity contribution in [2.24, 2.45) is 0 Å². The topological polar surface area (TPSA) is 32.7 Å². The van der Waals surface area contributed by atoms with Gasteiger partial charge in [0.2, 0.25) is 0 Å². The molecule has 0 amide bonds. The fourth-order valence-electron chi connectivity index (χ4n) is 3.19. The number of hydrogen-bond donors (Lipinski definition) is 1. The van der Waals surface area contributed by atoms with Crippen molar-refractivity contribution >= 4 is 0 Å². The molecule has 0 unspecified atom stereocenters. The Morgan fingerprint density at radius 2 is 1.61 bits per heavy atom. The molecule has 1 heterocycles. The number of aliphatic hydroxyl groups is 1. The molecule has 0 radical (unpaired) electrons. The van der Waals surface area contributed by atoms with Crippen LogP contribution in [-0.2, 0) is 6.61 Å². The minimum Gasteiger partial charge on any atom is -0.489 e. The normalized spacial score (nSPS) is 16.9. The van der Waals surface area contributed by atoms with E-state index in [4.69, 9.17) is 4.74 Å². The smallest absolute Gasteiger partial charge is 0.119 e. The van der Waals surface area contributed by atoms with Gasteiger partial charge in [0.25, 0.3) is 0 Å². The first kappa shape index (κ1) is 16.0. The van der Waals surface area contributed by atoms with E-state index in [2.05, 4.69) is 29.2 Å². The third kappa shape index (κ3) is 4.34. The Hall–Kier alpha value is -1.84. The molecule has 1 fully saturated rings. The zero-order valence-corrected chi connectivity index (χ0v) is 13.5. The van der Waals surface area contributed by atoms with E-state index in [1.54, 1.807) is 0 Å². The lowest BCUT2D eigenvalue weighted by atomic mass is 10.0. The summed E-state index contributed by atoms with van der Waals surface area (Å²) in [6, 6.07) is 18.4. The zero-order chi connectivity index (χ0) is 15.9. The maximum atomic E-state index is 9.78. The highest BCUT2D eigenvalue weighted by Crippen LogP contribution is 2.26. The molecule has 3 rings (SSSR count). The molecule has 0 aromatic heterocycles. The van der Waals surface area contributed by atoms with Crippen LogP contribution in [0.1, 0.15) is 36.4 Å². The van der Waals surface area contributed by atoms with Crippen LogP contribution in [0.5, 0.6) is 5.75 Å². The molecule has 0 aliphatic carbocycles. The van der Waals surface area contributed by atoms with E-state index in [0.29, 0.717) is 6.61 Å². The Bertz CT molecular complexity index is 576. The summed E-state index contributed by atoms with van der Waals surface area (Å²) < 4.78 is 5.83. The second-order valence-corrected chi connectivity index (χ2v) is 6.14. The van der Waals surface area contributed by atoms with E-state index in [0.717, 1.165) is 24.4 Å². The predicted octanol–water partition coefficient (Wildman–Crippen LogP) is 3.78. The number of likely N-dealkylation sites (tertiary alicyclic amines) is 1. The van der Waals surface area contributed by atoms with Crippen molar-refractivity contribution in [2.75, 3.05) is 19.7 Å². The van der Waals surface area contributed by atoms with Crippen molar-refractivity contribution in [3.63, 3.8) is 0 Å². The Labute approximate surface area is 138 Å². The highest BCUT2D eigenvalue weighted by atomic mass is 16.5. The van der Waals surface area contributed by atoms with Crippen molar-refractivity contribution < 1.29 is 9.84 Å². The van der Waals surface area contributed by atoms with Gasteiger partial charge in [-0.05, 0) is 49.2 Å². The molecule has 0 spiro atoms. The van der Waals surface area contributed by atoms with Gasteiger partial charge in [-0.1, -0.05) is 48.9 Å². The van der Waals surface area contributed by atoms with E-state index in [1.165, 1.54) is 24.8 Å². The standard InChI is InChI=1S/C20H25NO2/c22-15-20(21-13-5-2-6-14-21)18-9-11-19(12-10-18)23-16-17-7-3-1-4-8-17/h1,3-4,7-12,20,22H,2,5-6,13-16H2/t20-/m0/s1. The highest BCUT2D eigenvalue weighted by Gasteiger charge is 2.21. The summed E-state index contributed by atoms with van der Waals surface area (Å²) in [7, 11) is 0. The molecule has 1 N–H and O–H groups in total. The van der Waals surface area contributed by atoms with Crippen molar-refractivity contribution in [1.82, 2.24) is 4.90 Å². The third-order valence-corrected chi connectivity index (χ3v) is 4.52. The summed E-state index contributed by atoms with van der Waals surface area (Å²) in [5, 5.41) is 9.78. The number of piperidine rings is 1. The van der Waals surface area contributed by atoms with Gasteiger partial charge in [-0.25, -0.2) is 0 Å². The number of ether oxygens (including phenoxy) is 1. The van der Waals surface area contributed by atoms with Crippen LogP contribution in [0.3, 0.4) is 0 Å². The Balaban J connectivity index is 1.61. The van der Waals surface area contributed by atoms with Crippen LogP contribution in [-0.4, -0.2) is 29.7 Å². The van der Waals surface area contributed by atoms with Gasteiger partial charge in [0.05, 0.1) is 12.6 Å². The lowest BCUT2D eigenvalue weighted by Crippen LogP contribution is -2.35. The highest BCUT2D eigenvalue weighted by molar-refractivity contribution is 5.30. The van der Waals surface area contributed by atoms with Gasteiger partial charge in [0, 0.05) is 0 Å². The van der Waals surface area contributed by atoms with E-state index in [-0.39, 0.29) is 12.6 Å². The second-order valence-electron chi connectivity index (χ2n) is 6.14. The molecule has 3 heteroatoms. The molecule has 3 nitrogen and oxygen atoms in total. The molecule has 0 bridgehead atoms. The van der Waals surface area contributed by atoms with E-state index in [1.807, 2.05) is 30.3 Å². The molecule has 0 saturated carbocycles. The molecule has 1 aliphatic rings. The molecular formula is C20H25NO2. The van der Waals surface area contributed by atoms with Crippen molar-refractivity contribution in [3.05, 3.63) is 65.7 Å². The Kier molecular flexibility index (Phi) is 5.67. The third-order valence-electron chi connectivity index (χ3n) is 4.52. The molecule has 2 aromatic carbocycles. The first-order valence-corrected chi connectivity index (χ1v) is 8.48. The van der Waals surface area contributed by atoms with Gasteiger partial charge >= 0.3 is 0 Å². The molecule has 23 heavy (non-hydrogen) atoms. The molecule has 1 saturated heterocycles. The number of nitrogens with zero attached hydrogens (tertiary/aromatic N) is 1. The van der Waals surface area contributed by atoms with Crippen LogP contribution in [0.15, 0.2) is 54.6 Å². The van der Waals surface area contributed by atoms with E-state index >= 15 is 0 Å². The van der Waals surface area contributed by atoms with Gasteiger partial charge < -0.3 is 9.84 Å². The fraction of sp³-hybridized carbons (Fsp3) is 0.400. The summed E-state index contributed by atoms with van der Waals surface area (Å²) >= 11 is 0. The molecular weight excluding hydrogens is 286 g/mol. The Morgan fingerprint density at radius 3 is 2.26 bits per heavy atom. The molecule has 2 aromatic rings. The minimum absolute atomic E-state index is 0.110. The lowest BCUT2D eigenvalue weighted by Gasteiger charge is -2.33. The van der Waals surface area contributed by atoms with Gasteiger partial charge in [-0.15, -0.1) is 0 Å². The van der Waals surface area contributed by atoms with Crippen LogP contribution in [0.25, 0.3) is 0 Å². The number of benzene rings is 2. The van der Waals surface area contributed by atoms with Crippen molar-refractivity contribution in [1.29, 1.82) is 0 Å². The predicted molar refractivity (Wildman–Crippen MR) is 92.5 cm³/mol. The van der Waals surface area contributed by atoms with Gasteiger partial charge in [0.1, 0.15) is 12.4 Å². The van der Waals surface area contributed by atoms with Crippen molar-refractivity contribution in [2.45, 2.75) is 31.9 Å². The van der Waals surface area contributed by atoms with Gasteiger partial charge in [0.15, 0.2) is 0 Å². The molecule has 122 valence electrons. The number of aliphatic hydroxyl groups excluding tert-OH is 1. The van der Waals surface area contributed by atoms with Gasteiger partial charge in [-0.2, -0.15) is 0 Å². The largest absolute Gasteiger partial charge is 0.489 e. The number of hydrogen-bond acceptors (Lipinski definition) is 3. The monoisotopic (exact) mass is 311 g/mol. The number of rotatable bonds is 6. The summed E-state index contributed by atoms with van der Waals surface area (Å²) in [5.74, 6) is 0.868. The Morgan fingerprint density at radius 1 is 0.913 bits per heavy atom. The molecule has 1 aliphatic heterocycles. The maximum absolute atomic E-state index is 9.78. The maximum Gasteiger partial charge on any atom is 0.119 e. The summed E-state index contributed by atoms with van der Waals surface area (Å²) in [4.78, 5) is 2.39. The molecule has 1 atom stereocenters.